The van der Waals surface area contributed by atoms with Gasteiger partial charge in [-0.05, 0) is 32.8 Å². The number of halogens is 1. The quantitative estimate of drug-likeness (QED) is 0.521. The van der Waals surface area contributed by atoms with Crippen LogP contribution < -0.4 is 20.9 Å². The zero-order valence-electron chi connectivity index (χ0n) is 21.7. The first-order valence-electron chi connectivity index (χ1n) is 12.2. The predicted molar refractivity (Wildman–Crippen MR) is 123 cm³/mol. The van der Waals surface area contributed by atoms with Gasteiger partial charge >= 0.3 is 0 Å². The predicted octanol–water partition coefficient (Wildman–Crippen LogP) is 2.47. The first-order valence-corrected chi connectivity index (χ1v) is 10.7. The summed E-state index contributed by atoms with van der Waals surface area (Å²) in [5.74, 6) is -0.714. The normalized spacial score (nSPS) is 18.2. The summed E-state index contributed by atoms with van der Waals surface area (Å²) in [5.41, 5.74) is 0.934. The molecule has 3 heterocycles. The van der Waals surface area contributed by atoms with E-state index < -0.39 is 18.7 Å². The fourth-order valence-corrected chi connectivity index (χ4v) is 3.95. The highest BCUT2D eigenvalue weighted by Gasteiger charge is 2.32. The number of carbonyl (C=O) groups is 2. The van der Waals surface area contributed by atoms with Gasteiger partial charge in [0.15, 0.2) is 17.3 Å². The Hall–Kier alpha value is -4.09. The minimum absolute atomic E-state index is 0.0252. The number of anilines is 4. The zero-order chi connectivity index (χ0) is 26.6. The number of hydrogen-bond acceptors (Lipinski definition) is 8. The smallest absolute Gasteiger partial charge is 0.273 e. The van der Waals surface area contributed by atoms with Gasteiger partial charge < -0.3 is 20.9 Å². The number of hydrogen-bond donors (Lipinski definition) is 3. The van der Waals surface area contributed by atoms with Crippen molar-refractivity contribution in [2.24, 2.45) is 5.92 Å². The van der Waals surface area contributed by atoms with Gasteiger partial charge in [-0.1, -0.05) is 0 Å². The molecule has 1 fully saturated rings. The SMILES string of the molecule is [2H]C([2H])([2H])NC(=O)c1nnc(NC(=O)C2CC2)cc1Nc1cc(F)cc2c1N(C)[C@@H](C)c1nc(C)nn1-2. The second-order valence-electron chi connectivity index (χ2n) is 8.37. The highest BCUT2D eigenvalue weighted by atomic mass is 19.1. The second kappa shape index (κ2) is 8.04. The summed E-state index contributed by atoms with van der Waals surface area (Å²) in [6.45, 7) is 0.890. The first kappa shape index (κ1) is 18.3. The van der Waals surface area contributed by atoms with E-state index in [0.717, 1.165) is 12.8 Å². The Bertz CT molecular complexity index is 1420. The summed E-state index contributed by atoms with van der Waals surface area (Å²) < 4.78 is 38.5. The number of aryl methyl sites for hydroxylation is 1. The third kappa shape index (κ3) is 3.70. The Balaban J connectivity index is 1.60. The van der Waals surface area contributed by atoms with Crippen LogP contribution in [0.4, 0.5) is 27.3 Å². The van der Waals surface area contributed by atoms with Gasteiger partial charge in [-0.25, -0.2) is 14.1 Å². The van der Waals surface area contributed by atoms with E-state index in [4.69, 9.17) is 4.11 Å². The van der Waals surface area contributed by atoms with Crippen molar-refractivity contribution in [1.29, 1.82) is 0 Å². The van der Waals surface area contributed by atoms with Gasteiger partial charge in [0.1, 0.15) is 11.6 Å². The van der Waals surface area contributed by atoms with Crippen LogP contribution in [0.5, 0.6) is 0 Å². The van der Waals surface area contributed by atoms with Gasteiger partial charge in [0.2, 0.25) is 5.91 Å². The highest BCUT2D eigenvalue weighted by Crippen LogP contribution is 2.43. The maximum absolute atomic E-state index is 14.9. The minimum atomic E-state index is -2.77. The summed E-state index contributed by atoms with van der Waals surface area (Å²) in [4.78, 5) is 31.4. The van der Waals surface area contributed by atoms with Crippen molar-refractivity contribution in [3.63, 3.8) is 0 Å². The van der Waals surface area contributed by atoms with Crippen LogP contribution in [0.3, 0.4) is 0 Å². The maximum atomic E-state index is 14.9. The van der Waals surface area contributed by atoms with Crippen LogP contribution in [0.25, 0.3) is 5.69 Å². The zero-order valence-corrected chi connectivity index (χ0v) is 18.7. The molecule has 0 bridgehead atoms. The molecule has 1 aromatic carbocycles. The molecule has 1 aliphatic heterocycles. The lowest BCUT2D eigenvalue weighted by Crippen LogP contribution is -2.31. The third-order valence-corrected chi connectivity index (χ3v) is 5.92. The van der Waals surface area contributed by atoms with Crippen molar-refractivity contribution in [1.82, 2.24) is 30.3 Å². The number of nitrogens with one attached hydrogen (secondary N) is 3. The molecule has 34 heavy (non-hydrogen) atoms. The number of rotatable bonds is 5. The van der Waals surface area contributed by atoms with Crippen LogP contribution in [-0.4, -0.2) is 50.8 Å². The van der Waals surface area contributed by atoms with Crippen LogP contribution in [-0.2, 0) is 4.79 Å². The van der Waals surface area contributed by atoms with Gasteiger partial charge in [0.25, 0.3) is 5.91 Å². The van der Waals surface area contributed by atoms with E-state index in [1.807, 2.05) is 24.2 Å². The van der Waals surface area contributed by atoms with Crippen molar-refractivity contribution in [2.75, 3.05) is 29.6 Å². The van der Waals surface area contributed by atoms with Gasteiger partial charge in [-0.15, -0.1) is 10.2 Å². The Morgan fingerprint density at radius 2 is 2.00 bits per heavy atom. The molecule has 0 unspecified atom stereocenters. The summed E-state index contributed by atoms with van der Waals surface area (Å²) in [6.07, 6.45) is 1.54. The lowest BCUT2D eigenvalue weighted by Gasteiger charge is -2.35. The molecule has 176 valence electrons. The number of nitrogens with zero attached hydrogens (tertiary/aromatic N) is 6. The number of aromatic nitrogens is 5. The molecule has 0 saturated heterocycles. The number of benzene rings is 1. The van der Waals surface area contributed by atoms with E-state index in [2.05, 4.69) is 30.9 Å². The van der Waals surface area contributed by atoms with Crippen LogP contribution in [0, 0.1) is 18.7 Å². The number of amides is 2. The lowest BCUT2D eigenvalue weighted by atomic mass is 10.1. The lowest BCUT2D eigenvalue weighted by molar-refractivity contribution is -0.117. The highest BCUT2D eigenvalue weighted by molar-refractivity contribution is 6.00. The van der Waals surface area contributed by atoms with Gasteiger partial charge in [-0.3, -0.25) is 9.59 Å². The molecule has 0 radical (unpaired) electrons. The third-order valence-electron chi connectivity index (χ3n) is 5.92. The number of fused-ring (bicyclic) bond motifs is 3. The summed E-state index contributed by atoms with van der Waals surface area (Å²) >= 11 is 0. The molecule has 0 spiro atoms. The van der Waals surface area contributed by atoms with Gasteiger partial charge in [-0.2, -0.15) is 5.10 Å². The van der Waals surface area contributed by atoms with E-state index in [0.29, 0.717) is 23.0 Å². The molecule has 1 atom stereocenters. The molecule has 3 N–H and O–H groups in total. The van der Waals surface area contributed by atoms with E-state index >= 15 is 0 Å². The average Bonchev–Trinajstić information content (AvgIpc) is 3.57. The second-order valence-corrected chi connectivity index (χ2v) is 8.37. The van der Waals surface area contributed by atoms with E-state index in [1.165, 1.54) is 18.2 Å². The molecule has 2 aromatic heterocycles. The largest absolute Gasteiger partial charge is 0.361 e. The molecule has 12 heteroatoms. The molecule has 5 rings (SSSR count). The Morgan fingerprint density at radius 1 is 1.21 bits per heavy atom. The topological polar surface area (TPSA) is 130 Å². The molecule has 3 aromatic rings. The van der Waals surface area contributed by atoms with Crippen LogP contribution in [0.15, 0.2) is 18.2 Å². The molecular formula is C22H24FN9O2. The van der Waals surface area contributed by atoms with Crippen molar-refractivity contribution < 1.29 is 18.1 Å². The van der Waals surface area contributed by atoms with Crippen LogP contribution in [0.1, 0.15) is 52.1 Å². The molecule has 2 amide bonds. The maximum Gasteiger partial charge on any atom is 0.273 e. The fraction of sp³-hybridized carbons (Fsp3) is 0.364. The summed E-state index contributed by atoms with van der Waals surface area (Å²) in [5, 5.41) is 19.7. The number of carbonyl (C=O) groups excluding carboxylic acids is 2. The first-order chi connectivity index (χ1) is 17.4. The van der Waals surface area contributed by atoms with E-state index in [9.17, 15) is 14.0 Å². The Morgan fingerprint density at radius 3 is 2.74 bits per heavy atom. The molecule has 11 nitrogen and oxygen atoms in total. The van der Waals surface area contributed by atoms with Crippen molar-refractivity contribution in [2.45, 2.75) is 32.7 Å². The Labute approximate surface area is 199 Å². The molecule has 1 saturated carbocycles. The van der Waals surface area contributed by atoms with Crippen LogP contribution in [0.2, 0.25) is 0 Å². The van der Waals surface area contributed by atoms with Crippen molar-refractivity contribution in [3.05, 3.63) is 41.4 Å². The average molecular weight is 469 g/mol. The fourth-order valence-electron chi connectivity index (χ4n) is 3.95. The molecule has 2 aliphatic rings. The summed E-state index contributed by atoms with van der Waals surface area (Å²) in [7, 11) is 1.81. The molecule has 1 aliphatic carbocycles. The standard InChI is InChI=1S/C22H24FN9O2/c1-10-20-25-11(2)30-32(20)16-8-13(23)7-15(19(16)31(10)4)26-14-9-17(27-21(33)12-5-6-12)28-29-18(14)22(34)24-3/h7-10,12H,5-6H2,1-4H3,(H,24,34)(H2,26,27,28,33)/t10-/m0/s1/i3D3. The molecular weight excluding hydrogens is 441 g/mol. The van der Waals surface area contributed by atoms with Gasteiger partial charge in [0, 0.05) is 36.2 Å². The summed E-state index contributed by atoms with van der Waals surface area (Å²) in [6, 6.07) is 3.71. The van der Waals surface area contributed by atoms with E-state index in [1.54, 1.807) is 11.6 Å². The minimum Gasteiger partial charge on any atom is -0.361 e. The monoisotopic (exact) mass is 468 g/mol. The van der Waals surface area contributed by atoms with Crippen molar-refractivity contribution >= 4 is 34.7 Å². The van der Waals surface area contributed by atoms with Crippen LogP contribution >= 0.6 is 0 Å². The van der Waals surface area contributed by atoms with Gasteiger partial charge in [0.05, 0.1) is 28.8 Å². The van der Waals surface area contributed by atoms with Crippen molar-refractivity contribution in [3.8, 4) is 5.69 Å². The van der Waals surface area contributed by atoms with E-state index in [-0.39, 0.29) is 40.8 Å². The Kier molecular flexibility index (Phi) is 4.34.